The van der Waals surface area contributed by atoms with Crippen LogP contribution in [0.15, 0.2) is 17.2 Å². The van der Waals surface area contributed by atoms with Gasteiger partial charge in [0.1, 0.15) is 11.3 Å². The predicted octanol–water partition coefficient (Wildman–Crippen LogP) is 0.635. The summed E-state index contributed by atoms with van der Waals surface area (Å²) in [6.45, 7) is 1.76. The first-order valence-electron chi connectivity index (χ1n) is 4.11. The van der Waals surface area contributed by atoms with Gasteiger partial charge >= 0.3 is 0 Å². The molecule has 0 saturated carbocycles. The average Bonchev–Trinajstić information content (AvgIpc) is 2.17. The number of aromatic nitrogens is 3. The summed E-state index contributed by atoms with van der Waals surface area (Å²) in [5, 5.41) is 0.757. The normalized spacial score (nSPS) is 10.4. The van der Waals surface area contributed by atoms with Crippen molar-refractivity contribution in [2.75, 3.05) is 7.11 Å². The standard InChI is InChI=1S/C9H9N3O2/c1-5-10-3-6-4-11-9(13)8(14-2)7(6)12-5/h3-4H,1-2H3,(H,11,13). The first kappa shape index (κ1) is 8.68. The molecule has 0 unspecified atom stereocenters. The second-order valence-electron chi connectivity index (χ2n) is 2.87. The first-order valence-corrected chi connectivity index (χ1v) is 4.11. The summed E-state index contributed by atoms with van der Waals surface area (Å²) in [4.78, 5) is 22.1. The fraction of sp³-hybridized carbons (Fsp3) is 0.222. The van der Waals surface area contributed by atoms with Crippen LogP contribution in [0.2, 0.25) is 0 Å². The Morgan fingerprint density at radius 1 is 1.50 bits per heavy atom. The molecule has 0 atom stereocenters. The van der Waals surface area contributed by atoms with Crippen LogP contribution in [0.4, 0.5) is 0 Å². The van der Waals surface area contributed by atoms with Gasteiger partial charge in [-0.3, -0.25) is 4.79 Å². The molecule has 5 heteroatoms. The van der Waals surface area contributed by atoms with Crippen LogP contribution in [0.1, 0.15) is 5.82 Å². The summed E-state index contributed by atoms with van der Waals surface area (Å²) in [6, 6.07) is 0. The molecule has 2 aromatic rings. The number of hydrogen-bond donors (Lipinski definition) is 1. The van der Waals surface area contributed by atoms with Gasteiger partial charge in [-0.25, -0.2) is 9.97 Å². The quantitative estimate of drug-likeness (QED) is 0.718. The number of rotatable bonds is 1. The summed E-state index contributed by atoms with van der Waals surface area (Å²) in [5.74, 6) is 0.842. The summed E-state index contributed by atoms with van der Waals surface area (Å²) < 4.78 is 4.98. The molecule has 2 aromatic heterocycles. The Morgan fingerprint density at radius 2 is 2.29 bits per heavy atom. The minimum Gasteiger partial charge on any atom is -0.490 e. The third-order valence-corrected chi connectivity index (χ3v) is 1.92. The van der Waals surface area contributed by atoms with Gasteiger partial charge in [-0.05, 0) is 6.92 Å². The highest BCUT2D eigenvalue weighted by atomic mass is 16.5. The molecule has 0 spiro atoms. The van der Waals surface area contributed by atoms with E-state index in [1.54, 1.807) is 19.3 Å². The molecule has 2 rings (SSSR count). The number of ether oxygens (including phenoxy) is 1. The van der Waals surface area contributed by atoms with E-state index in [1.807, 2.05) is 0 Å². The maximum absolute atomic E-state index is 11.3. The molecule has 5 nitrogen and oxygen atoms in total. The van der Waals surface area contributed by atoms with Gasteiger partial charge in [0.05, 0.1) is 7.11 Å². The van der Waals surface area contributed by atoms with E-state index < -0.39 is 0 Å². The van der Waals surface area contributed by atoms with E-state index >= 15 is 0 Å². The van der Waals surface area contributed by atoms with Gasteiger partial charge in [-0.15, -0.1) is 0 Å². The molecule has 0 radical (unpaired) electrons. The molecule has 1 N–H and O–H groups in total. The molecule has 0 fully saturated rings. The average molecular weight is 191 g/mol. The number of nitrogens with one attached hydrogen (secondary N) is 1. The van der Waals surface area contributed by atoms with Crippen molar-refractivity contribution < 1.29 is 4.74 Å². The zero-order valence-electron chi connectivity index (χ0n) is 7.87. The lowest BCUT2D eigenvalue weighted by Gasteiger charge is -2.02. The molecule has 0 amide bonds. The Bertz CT molecular complexity index is 533. The van der Waals surface area contributed by atoms with Crippen molar-refractivity contribution in [1.82, 2.24) is 15.0 Å². The van der Waals surface area contributed by atoms with Gasteiger partial charge in [0.2, 0.25) is 5.75 Å². The van der Waals surface area contributed by atoms with E-state index in [4.69, 9.17) is 4.74 Å². The Hall–Kier alpha value is -1.91. The van der Waals surface area contributed by atoms with Crippen LogP contribution < -0.4 is 10.3 Å². The number of pyridine rings is 1. The SMILES string of the molecule is COc1c(=O)[nH]cc2cnc(C)nc12. The molecule has 72 valence electrons. The van der Waals surface area contributed by atoms with E-state index in [-0.39, 0.29) is 11.3 Å². The zero-order valence-corrected chi connectivity index (χ0v) is 7.87. The van der Waals surface area contributed by atoms with Crippen molar-refractivity contribution in [1.29, 1.82) is 0 Å². The number of nitrogens with zero attached hydrogens (tertiary/aromatic N) is 2. The monoisotopic (exact) mass is 191 g/mol. The Morgan fingerprint density at radius 3 is 3.00 bits per heavy atom. The van der Waals surface area contributed by atoms with E-state index in [9.17, 15) is 4.79 Å². The molecule has 0 aliphatic carbocycles. The number of H-pyrrole nitrogens is 1. The molecule has 0 aliphatic heterocycles. The third-order valence-electron chi connectivity index (χ3n) is 1.92. The van der Waals surface area contributed by atoms with Crippen molar-refractivity contribution in [2.24, 2.45) is 0 Å². The van der Waals surface area contributed by atoms with Crippen molar-refractivity contribution in [3.8, 4) is 5.75 Å². The van der Waals surface area contributed by atoms with E-state index in [0.29, 0.717) is 11.3 Å². The van der Waals surface area contributed by atoms with Crippen molar-refractivity contribution in [3.63, 3.8) is 0 Å². The highest BCUT2D eigenvalue weighted by molar-refractivity contribution is 5.82. The second kappa shape index (κ2) is 3.10. The van der Waals surface area contributed by atoms with E-state index in [2.05, 4.69) is 15.0 Å². The number of hydrogen-bond acceptors (Lipinski definition) is 4. The van der Waals surface area contributed by atoms with Crippen molar-refractivity contribution in [2.45, 2.75) is 6.92 Å². The topological polar surface area (TPSA) is 67.9 Å². The van der Waals surface area contributed by atoms with Crippen LogP contribution in [-0.4, -0.2) is 22.1 Å². The van der Waals surface area contributed by atoms with Gasteiger partial charge in [-0.2, -0.15) is 0 Å². The molecule has 0 aromatic carbocycles. The number of aryl methyl sites for hydroxylation is 1. The lowest BCUT2D eigenvalue weighted by Crippen LogP contribution is -2.09. The smallest absolute Gasteiger partial charge is 0.292 e. The number of aromatic amines is 1. The minimum absolute atomic E-state index is 0.230. The Balaban J connectivity index is 2.91. The van der Waals surface area contributed by atoms with Crippen LogP contribution >= 0.6 is 0 Å². The lowest BCUT2D eigenvalue weighted by atomic mass is 10.3. The lowest BCUT2D eigenvalue weighted by molar-refractivity contribution is 0.412. The number of fused-ring (bicyclic) bond motifs is 1. The molecule has 0 bridgehead atoms. The van der Waals surface area contributed by atoms with Crippen LogP contribution in [0, 0.1) is 6.92 Å². The summed E-state index contributed by atoms with van der Waals surface area (Å²) in [6.07, 6.45) is 3.22. The fourth-order valence-electron chi connectivity index (χ4n) is 1.27. The Kier molecular flexibility index (Phi) is 1.92. The van der Waals surface area contributed by atoms with E-state index in [1.165, 1.54) is 7.11 Å². The fourth-order valence-corrected chi connectivity index (χ4v) is 1.27. The molecule has 0 saturated heterocycles. The van der Waals surface area contributed by atoms with Gasteiger partial charge < -0.3 is 9.72 Å². The van der Waals surface area contributed by atoms with Crippen molar-refractivity contribution >= 4 is 10.9 Å². The van der Waals surface area contributed by atoms with Crippen LogP contribution in [0.3, 0.4) is 0 Å². The number of methoxy groups -OCH3 is 1. The highest BCUT2D eigenvalue weighted by Gasteiger charge is 2.07. The van der Waals surface area contributed by atoms with Gasteiger partial charge in [-0.1, -0.05) is 0 Å². The maximum Gasteiger partial charge on any atom is 0.292 e. The van der Waals surface area contributed by atoms with Gasteiger partial charge in [0, 0.05) is 17.8 Å². The molecular weight excluding hydrogens is 182 g/mol. The molecule has 2 heterocycles. The third kappa shape index (κ3) is 1.22. The van der Waals surface area contributed by atoms with Crippen LogP contribution in [0.25, 0.3) is 10.9 Å². The van der Waals surface area contributed by atoms with Crippen LogP contribution in [-0.2, 0) is 0 Å². The molecule has 14 heavy (non-hydrogen) atoms. The summed E-state index contributed by atoms with van der Waals surface area (Å²) in [5.41, 5.74) is 0.266. The second-order valence-corrected chi connectivity index (χ2v) is 2.87. The first-order chi connectivity index (χ1) is 6.72. The molecule has 0 aliphatic rings. The minimum atomic E-state index is -0.280. The van der Waals surface area contributed by atoms with Gasteiger partial charge in [0.25, 0.3) is 5.56 Å². The summed E-state index contributed by atoms with van der Waals surface area (Å²) >= 11 is 0. The van der Waals surface area contributed by atoms with E-state index in [0.717, 1.165) is 5.39 Å². The summed E-state index contributed by atoms with van der Waals surface area (Å²) in [7, 11) is 1.45. The highest BCUT2D eigenvalue weighted by Crippen LogP contribution is 2.16. The van der Waals surface area contributed by atoms with Crippen LogP contribution in [0.5, 0.6) is 5.75 Å². The zero-order chi connectivity index (χ0) is 10.1. The maximum atomic E-state index is 11.3. The van der Waals surface area contributed by atoms with Crippen molar-refractivity contribution in [3.05, 3.63) is 28.6 Å². The predicted molar refractivity (Wildman–Crippen MR) is 51.4 cm³/mol. The Labute approximate surface area is 79.8 Å². The largest absolute Gasteiger partial charge is 0.490 e. The van der Waals surface area contributed by atoms with Gasteiger partial charge in [0.15, 0.2) is 0 Å². The molecular formula is C9H9N3O2.